The van der Waals surface area contributed by atoms with Crippen molar-refractivity contribution in [2.75, 3.05) is 13.1 Å². The van der Waals surface area contributed by atoms with Gasteiger partial charge in [-0.25, -0.2) is 4.79 Å². The number of hydrogen-bond acceptors (Lipinski definition) is 3. The van der Waals surface area contributed by atoms with Crippen LogP contribution >= 0.6 is 0 Å². The molecule has 7 nitrogen and oxygen atoms in total. The minimum atomic E-state index is -1.09. The Labute approximate surface area is 98.9 Å². The Morgan fingerprint density at radius 3 is 2.47 bits per heavy atom. The molecule has 1 aliphatic rings. The van der Waals surface area contributed by atoms with Crippen molar-refractivity contribution in [3.8, 4) is 0 Å². The van der Waals surface area contributed by atoms with E-state index in [-0.39, 0.29) is 5.91 Å². The van der Waals surface area contributed by atoms with E-state index >= 15 is 0 Å². The number of carbonyl (C=O) groups is 3. The van der Waals surface area contributed by atoms with Crippen LogP contribution in [0.15, 0.2) is 0 Å². The third-order valence-corrected chi connectivity index (χ3v) is 2.21. The molecule has 4 N–H and O–H groups in total. The Hall–Kier alpha value is -1.79. The first-order valence-corrected chi connectivity index (χ1v) is 5.61. The van der Waals surface area contributed by atoms with Crippen LogP contribution < -0.4 is 16.0 Å². The fraction of sp³-hybridized carbons (Fsp3) is 0.700. The molecule has 1 fully saturated rings. The van der Waals surface area contributed by atoms with Crippen molar-refractivity contribution in [3.05, 3.63) is 0 Å². The molecule has 1 aliphatic carbocycles. The maximum atomic E-state index is 11.2. The summed E-state index contributed by atoms with van der Waals surface area (Å²) in [6.45, 7) is -0.0580. The number of carbonyl (C=O) groups excluding carboxylic acids is 2. The molecule has 0 radical (unpaired) electrons. The topological polar surface area (TPSA) is 108 Å². The zero-order valence-corrected chi connectivity index (χ0v) is 9.49. The van der Waals surface area contributed by atoms with Crippen LogP contribution in [-0.4, -0.2) is 42.1 Å². The molecule has 0 aromatic heterocycles. The number of carboxylic acid groups (broad SMARTS) is 1. The highest BCUT2D eigenvalue weighted by molar-refractivity contribution is 5.80. The standard InChI is InChI=1S/C10H17N3O4/c14-8(13-7-3-4-7)2-1-5-11-10(17)12-6-9(15)16/h7H,1-6H2,(H,13,14)(H,15,16)(H2,11,12,17). The number of rotatable bonds is 7. The summed E-state index contributed by atoms with van der Waals surface area (Å²) in [4.78, 5) is 32.4. The molecule has 0 aliphatic heterocycles. The lowest BCUT2D eigenvalue weighted by molar-refractivity contribution is -0.135. The van der Waals surface area contributed by atoms with Crippen molar-refractivity contribution in [2.45, 2.75) is 31.7 Å². The minimum Gasteiger partial charge on any atom is -0.480 e. The van der Waals surface area contributed by atoms with Crippen molar-refractivity contribution >= 4 is 17.9 Å². The fourth-order valence-electron chi connectivity index (χ4n) is 1.20. The zero-order valence-electron chi connectivity index (χ0n) is 9.49. The molecule has 0 saturated heterocycles. The molecule has 0 unspecified atom stereocenters. The van der Waals surface area contributed by atoms with Gasteiger partial charge in [-0.1, -0.05) is 0 Å². The number of urea groups is 1. The van der Waals surface area contributed by atoms with E-state index in [1.807, 2.05) is 0 Å². The van der Waals surface area contributed by atoms with Crippen molar-refractivity contribution in [2.24, 2.45) is 0 Å². The third kappa shape index (κ3) is 7.15. The van der Waals surface area contributed by atoms with E-state index in [2.05, 4.69) is 16.0 Å². The quantitative estimate of drug-likeness (QED) is 0.449. The molecule has 3 amide bonds. The molecular weight excluding hydrogens is 226 g/mol. The van der Waals surface area contributed by atoms with Crippen LogP contribution in [0.4, 0.5) is 4.79 Å². The Morgan fingerprint density at radius 2 is 1.88 bits per heavy atom. The molecule has 17 heavy (non-hydrogen) atoms. The summed E-state index contributed by atoms with van der Waals surface area (Å²) < 4.78 is 0. The van der Waals surface area contributed by atoms with Crippen LogP contribution in [-0.2, 0) is 9.59 Å². The van der Waals surface area contributed by atoms with Crippen molar-refractivity contribution in [1.29, 1.82) is 0 Å². The van der Waals surface area contributed by atoms with Gasteiger partial charge in [-0.05, 0) is 19.3 Å². The first kappa shape index (κ1) is 13.3. The molecule has 0 heterocycles. The summed E-state index contributed by atoms with van der Waals surface area (Å²) in [6.07, 6.45) is 3.03. The number of nitrogens with one attached hydrogen (secondary N) is 3. The SMILES string of the molecule is O=C(O)CNC(=O)NCCCC(=O)NC1CC1. The number of aliphatic carboxylic acids is 1. The van der Waals surface area contributed by atoms with Gasteiger partial charge < -0.3 is 21.1 Å². The Kier molecular flexibility index (Phi) is 5.25. The Balaban J connectivity index is 1.93. The van der Waals surface area contributed by atoms with E-state index in [0.29, 0.717) is 25.4 Å². The largest absolute Gasteiger partial charge is 0.480 e. The average molecular weight is 243 g/mol. The lowest BCUT2D eigenvalue weighted by atomic mass is 10.3. The molecule has 0 aromatic carbocycles. The van der Waals surface area contributed by atoms with Crippen molar-refractivity contribution in [1.82, 2.24) is 16.0 Å². The van der Waals surface area contributed by atoms with Gasteiger partial charge in [-0.15, -0.1) is 0 Å². The summed E-state index contributed by atoms with van der Waals surface area (Å²) in [5, 5.41) is 15.8. The first-order chi connectivity index (χ1) is 8.08. The van der Waals surface area contributed by atoms with Crippen LogP contribution in [0.25, 0.3) is 0 Å². The van der Waals surface area contributed by atoms with Gasteiger partial charge in [0.25, 0.3) is 0 Å². The van der Waals surface area contributed by atoms with E-state index < -0.39 is 18.5 Å². The van der Waals surface area contributed by atoms with Gasteiger partial charge >= 0.3 is 12.0 Å². The van der Waals surface area contributed by atoms with Crippen LogP contribution in [0.2, 0.25) is 0 Å². The minimum absolute atomic E-state index is 0.000226. The highest BCUT2D eigenvalue weighted by Crippen LogP contribution is 2.18. The second-order valence-electron chi connectivity index (χ2n) is 3.95. The van der Waals surface area contributed by atoms with E-state index in [1.165, 1.54) is 0 Å². The third-order valence-electron chi connectivity index (χ3n) is 2.21. The monoisotopic (exact) mass is 243 g/mol. The van der Waals surface area contributed by atoms with Crippen molar-refractivity contribution < 1.29 is 19.5 Å². The van der Waals surface area contributed by atoms with Crippen molar-refractivity contribution in [3.63, 3.8) is 0 Å². The normalized spacial score (nSPS) is 13.9. The lowest BCUT2D eigenvalue weighted by Gasteiger charge is -2.06. The smallest absolute Gasteiger partial charge is 0.323 e. The summed E-state index contributed by atoms with van der Waals surface area (Å²) >= 11 is 0. The second kappa shape index (κ2) is 6.72. The second-order valence-corrected chi connectivity index (χ2v) is 3.95. The Bertz CT molecular complexity index is 302. The highest BCUT2D eigenvalue weighted by Gasteiger charge is 2.22. The average Bonchev–Trinajstić information content (AvgIpc) is 3.05. The predicted molar refractivity (Wildman–Crippen MR) is 59.4 cm³/mol. The first-order valence-electron chi connectivity index (χ1n) is 5.61. The zero-order chi connectivity index (χ0) is 12.7. The van der Waals surface area contributed by atoms with E-state index in [9.17, 15) is 14.4 Å². The summed E-state index contributed by atoms with van der Waals surface area (Å²) in [6, 6.07) is -0.177. The van der Waals surface area contributed by atoms with Gasteiger partial charge in [0.05, 0.1) is 0 Å². The van der Waals surface area contributed by atoms with E-state index in [4.69, 9.17) is 5.11 Å². The van der Waals surface area contributed by atoms with Gasteiger partial charge in [0.2, 0.25) is 5.91 Å². The summed E-state index contributed by atoms with van der Waals surface area (Å²) in [5.41, 5.74) is 0. The van der Waals surface area contributed by atoms with E-state index in [1.54, 1.807) is 0 Å². The summed E-state index contributed by atoms with van der Waals surface area (Å²) in [7, 11) is 0. The fourth-order valence-corrected chi connectivity index (χ4v) is 1.20. The molecule has 0 aromatic rings. The molecule has 7 heteroatoms. The lowest BCUT2D eigenvalue weighted by Crippen LogP contribution is -2.39. The van der Waals surface area contributed by atoms with Crippen LogP contribution in [0.3, 0.4) is 0 Å². The molecule has 0 atom stereocenters. The molecule has 1 rings (SSSR count). The Morgan fingerprint density at radius 1 is 1.18 bits per heavy atom. The molecule has 0 spiro atoms. The predicted octanol–water partition coefficient (Wildman–Crippen LogP) is -0.571. The number of amides is 3. The molecule has 0 bridgehead atoms. The van der Waals surface area contributed by atoms with Crippen LogP contribution in [0.5, 0.6) is 0 Å². The highest BCUT2D eigenvalue weighted by atomic mass is 16.4. The van der Waals surface area contributed by atoms with E-state index in [0.717, 1.165) is 12.8 Å². The van der Waals surface area contributed by atoms with Gasteiger partial charge in [0.15, 0.2) is 0 Å². The van der Waals surface area contributed by atoms with Crippen LogP contribution in [0, 0.1) is 0 Å². The van der Waals surface area contributed by atoms with Gasteiger partial charge in [-0.2, -0.15) is 0 Å². The summed E-state index contributed by atoms with van der Waals surface area (Å²) in [5.74, 6) is -1.09. The maximum Gasteiger partial charge on any atom is 0.323 e. The van der Waals surface area contributed by atoms with Gasteiger partial charge in [-0.3, -0.25) is 9.59 Å². The molecule has 1 saturated carbocycles. The number of hydrogen-bond donors (Lipinski definition) is 4. The molecular formula is C10H17N3O4. The number of carboxylic acids is 1. The molecule has 96 valence electrons. The maximum absolute atomic E-state index is 11.2. The van der Waals surface area contributed by atoms with Gasteiger partial charge in [0, 0.05) is 19.0 Å². The van der Waals surface area contributed by atoms with Crippen LogP contribution in [0.1, 0.15) is 25.7 Å². The van der Waals surface area contributed by atoms with Gasteiger partial charge in [0.1, 0.15) is 6.54 Å².